The number of hydrogen-bond acceptors (Lipinski definition) is 5. The number of carbonyl (C=O) groups excluding carboxylic acids is 2. The summed E-state index contributed by atoms with van der Waals surface area (Å²) in [6.45, 7) is 5.03. The number of anilines is 1. The van der Waals surface area contributed by atoms with Gasteiger partial charge in [0.25, 0.3) is 5.91 Å². The average Bonchev–Trinajstić information content (AvgIpc) is 2.33. The molecule has 1 aromatic rings. The highest BCUT2D eigenvalue weighted by molar-refractivity contribution is 9.10. The fourth-order valence-corrected chi connectivity index (χ4v) is 1.33. The number of pyridine rings is 1. The first kappa shape index (κ1) is 16.2. The molecule has 0 saturated carbocycles. The van der Waals surface area contributed by atoms with Crippen LogP contribution in [0.25, 0.3) is 0 Å². The molecule has 110 valence electrons. The van der Waals surface area contributed by atoms with Gasteiger partial charge in [0.15, 0.2) is 0 Å². The number of nitrogens with one attached hydrogen (secondary N) is 3. The van der Waals surface area contributed by atoms with Crippen LogP contribution in [0, 0.1) is 0 Å². The van der Waals surface area contributed by atoms with E-state index in [0.29, 0.717) is 5.82 Å². The molecule has 2 amide bonds. The van der Waals surface area contributed by atoms with Crippen LogP contribution < -0.4 is 16.2 Å². The Morgan fingerprint density at radius 3 is 2.60 bits per heavy atom. The standard InChI is InChI=1S/C12H17BrN4O3/c1-12(2,3)20-11(19)15-7-10(18)17-16-9-5-4-8(13)6-14-9/h4-6H,7H2,1-3H3,(H,14,16)(H,15,19)(H,17,18). The zero-order valence-corrected chi connectivity index (χ0v) is 13.1. The number of aromatic nitrogens is 1. The van der Waals surface area contributed by atoms with Crippen LogP contribution in [0.15, 0.2) is 22.8 Å². The summed E-state index contributed by atoms with van der Waals surface area (Å²) < 4.78 is 5.83. The summed E-state index contributed by atoms with van der Waals surface area (Å²) in [6.07, 6.45) is 0.947. The zero-order valence-electron chi connectivity index (χ0n) is 11.5. The molecule has 0 atom stereocenters. The smallest absolute Gasteiger partial charge is 0.408 e. The number of carbonyl (C=O) groups is 2. The van der Waals surface area contributed by atoms with E-state index in [9.17, 15) is 9.59 Å². The van der Waals surface area contributed by atoms with E-state index in [0.717, 1.165) is 4.47 Å². The minimum atomic E-state index is -0.644. The van der Waals surface area contributed by atoms with E-state index in [1.807, 2.05) is 0 Å². The maximum Gasteiger partial charge on any atom is 0.408 e. The van der Waals surface area contributed by atoms with Crippen molar-refractivity contribution in [3.8, 4) is 0 Å². The van der Waals surface area contributed by atoms with Crippen molar-refractivity contribution in [2.45, 2.75) is 26.4 Å². The molecule has 0 bridgehead atoms. The van der Waals surface area contributed by atoms with Gasteiger partial charge in [-0.25, -0.2) is 9.78 Å². The third-order valence-corrected chi connectivity index (χ3v) is 2.32. The molecule has 1 heterocycles. The van der Waals surface area contributed by atoms with E-state index in [2.05, 4.69) is 37.1 Å². The van der Waals surface area contributed by atoms with Crippen molar-refractivity contribution in [3.63, 3.8) is 0 Å². The van der Waals surface area contributed by atoms with Crippen LogP contribution in [0.3, 0.4) is 0 Å². The lowest BCUT2D eigenvalue weighted by Crippen LogP contribution is -2.41. The Balaban J connectivity index is 2.27. The van der Waals surface area contributed by atoms with Gasteiger partial charge < -0.3 is 10.1 Å². The first-order valence-corrected chi connectivity index (χ1v) is 6.69. The maximum atomic E-state index is 11.5. The molecule has 0 aliphatic rings. The Kier molecular flexibility index (Phi) is 5.75. The number of hydrogen-bond donors (Lipinski definition) is 3. The lowest BCUT2D eigenvalue weighted by atomic mass is 10.2. The Bertz CT molecular complexity index is 471. The fraction of sp³-hybridized carbons (Fsp3) is 0.417. The predicted molar refractivity (Wildman–Crippen MR) is 77.9 cm³/mol. The second-order valence-corrected chi connectivity index (χ2v) is 5.81. The van der Waals surface area contributed by atoms with Crippen molar-refractivity contribution in [1.82, 2.24) is 15.7 Å². The number of amides is 2. The molecule has 3 N–H and O–H groups in total. The SMILES string of the molecule is CC(C)(C)OC(=O)NCC(=O)NNc1ccc(Br)cn1. The first-order chi connectivity index (χ1) is 9.26. The quantitative estimate of drug-likeness (QED) is 0.724. The second-order valence-electron chi connectivity index (χ2n) is 4.89. The van der Waals surface area contributed by atoms with E-state index in [1.165, 1.54) is 0 Å². The summed E-state index contributed by atoms with van der Waals surface area (Å²) in [5.74, 6) is 0.0689. The van der Waals surface area contributed by atoms with Gasteiger partial charge in [0.1, 0.15) is 18.0 Å². The topological polar surface area (TPSA) is 92.3 Å². The number of alkyl carbamates (subject to hydrolysis) is 1. The third kappa shape index (κ3) is 6.93. The molecule has 0 aliphatic carbocycles. The van der Waals surface area contributed by atoms with Gasteiger partial charge in [0.05, 0.1) is 0 Å². The van der Waals surface area contributed by atoms with Crippen LogP contribution >= 0.6 is 15.9 Å². The normalized spacial score (nSPS) is 10.6. The van der Waals surface area contributed by atoms with E-state index < -0.39 is 17.6 Å². The van der Waals surface area contributed by atoms with E-state index in [1.54, 1.807) is 39.1 Å². The van der Waals surface area contributed by atoms with Gasteiger partial charge in [0.2, 0.25) is 0 Å². The van der Waals surface area contributed by atoms with Gasteiger partial charge >= 0.3 is 6.09 Å². The number of nitrogens with zero attached hydrogens (tertiary/aromatic N) is 1. The van der Waals surface area contributed by atoms with Crippen molar-refractivity contribution < 1.29 is 14.3 Å². The lowest BCUT2D eigenvalue weighted by molar-refractivity contribution is -0.119. The minimum Gasteiger partial charge on any atom is -0.444 e. The van der Waals surface area contributed by atoms with Crippen LogP contribution in [-0.2, 0) is 9.53 Å². The van der Waals surface area contributed by atoms with Crippen LogP contribution in [-0.4, -0.2) is 29.1 Å². The molecular formula is C12H17BrN4O3. The van der Waals surface area contributed by atoms with Crippen LogP contribution in [0.4, 0.5) is 10.6 Å². The molecule has 8 heteroatoms. The Morgan fingerprint density at radius 1 is 1.35 bits per heavy atom. The molecule has 0 spiro atoms. The van der Waals surface area contributed by atoms with Crippen molar-refractivity contribution in [1.29, 1.82) is 0 Å². The van der Waals surface area contributed by atoms with Crippen molar-refractivity contribution in [2.75, 3.05) is 12.0 Å². The minimum absolute atomic E-state index is 0.196. The zero-order chi connectivity index (χ0) is 15.2. The molecule has 20 heavy (non-hydrogen) atoms. The Hall–Kier alpha value is -1.83. The first-order valence-electron chi connectivity index (χ1n) is 5.89. The molecule has 7 nitrogen and oxygen atoms in total. The van der Waals surface area contributed by atoms with Crippen molar-refractivity contribution in [2.24, 2.45) is 0 Å². The highest BCUT2D eigenvalue weighted by Crippen LogP contribution is 2.09. The summed E-state index contributed by atoms with van der Waals surface area (Å²) in [5.41, 5.74) is 4.42. The van der Waals surface area contributed by atoms with Crippen LogP contribution in [0.5, 0.6) is 0 Å². The summed E-state index contributed by atoms with van der Waals surface area (Å²) in [5, 5.41) is 2.34. The average molecular weight is 345 g/mol. The molecular weight excluding hydrogens is 328 g/mol. The van der Waals surface area contributed by atoms with Gasteiger partial charge in [-0.15, -0.1) is 0 Å². The van der Waals surface area contributed by atoms with Gasteiger partial charge in [-0.2, -0.15) is 0 Å². The third-order valence-electron chi connectivity index (χ3n) is 1.85. The van der Waals surface area contributed by atoms with Gasteiger partial charge in [0, 0.05) is 10.7 Å². The number of ether oxygens (including phenoxy) is 1. The highest BCUT2D eigenvalue weighted by atomic mass is 79.9. The Labute approximate surface area is 125 Å². The molecule has 1 rings (SSSR count). The van der Waals surface area contributed by atoms with Crippen molar-refractivity contribution in [3.05, 3.63) is 22.8 Å². The van der Waals surface area contributed by atoms with E-state index >= 15 is 0 Å². The van der Waals surface area contributed by atoms with E-state index in [4.69, 9.17) is 4.74 Å². The molecule has 0 fully saturated rings. The van der Waals surface area contributed by atoms with E-state index in [-0.39, 0.29) is 6.54 Å². The number of halogens is 1. The summed E-state index contributed by atoms with van der Waals surface area (Å²) in [6, 6.07) is 3.46. The number of rotatable bonds is 4. The summed E-state index contributed by atoms with van der Waals surface area (Å²) in [4.78, 5) is 26.8. The molecule has 0 saturated heterocycles. The number of hydrazine groups is 1. The molecule has 1 aromatic heterocycles. The molecule has 0 unspecified atom stereocenters. The van der Waals surface area contributed by atoms with Crippen molar-refractivity contribution >= 4 is 33.7 Å². The molecule has 0 aromatic carbocycles. The molecule has 0 radical (unpaired) electrons. The highest BCUT2D eigenvalue weighted by Gasteiger charge is 2.16. The summed E-state index contributed by atoms with van der Waals surface area (Å²) >= 11 is 3.25. The van der Waals surface area contributed by atoms with Gasteiger partial charge in [-0.05, 0) is 48.8 Å². The van der Waals surface area contributed by atoms with Gasteiger partial charge in [-0.3, -0.25) is 15.6 Å². The Morgan fingerprint density at radius 2 is 2.05 bits per heavy atom. The maximum absolute atomic E-state index is 11.5. The second kappa shape index (κ2) is 7.09. The fourth-order valence-electron chi connectivity index (χ4n) is 1.09. The lowest BCUT2D eigenvalue weighted by Gasteiger charge is -2.19. The predicted octanol–water partition coefficient (Wildman–Crippen LogP) is 1.81. The molecule has 0 aliphatic heterocycles. The van der Waals surface area contributed by atoms with Crippen LogP contribution in [0.1, 0.15) is 20.8 Å². The van der Waals surface area contributed by atoms with Gasteiger partial charge in [-0.1, -0.05) is 0 Å². The monoisotopic (exact) mass is 344 g/mol. The summed E-state index contributed by atoms with van der Waals surface area (Å²) in [7, 11) is 0. The largest absolute Gasteiger partial charge is 0.444 e. The van der Waals surface area contributed by atoms with Crippen LogP contribution in [0.2, 0.25) is 0 Å².